The van der Waals surface area contributed by atoms with Crippen LogP contribution in [0.4, 0.5) is 0 Å². The smallest absolute Gasteiger partial charge is 0.260 e. The monoisotopic (exact) mass is 253 g/mol. The maximum atomic E-state index is 11.2. The minimum Gasteiger partial charge on any atom is -0.327 e. The Morgan fingerprint density at radius 3 is 2.58 bits per heavy atom. The Morgan fingerprint density at radius 1 is 1.67 bits per heavy atom. The van der Waals surface area contributed by atoms with Gasteiger partial charge in [-0.2, -0.15) is 0 Å². The van der Waals surface area contributed by atoms with Crippen LogP contribution in [0.25, 0.3) is 0 Å². The molecule has 0 fully saturated rings. The number of nitrogens with zero attached hydrogens (tertiary/aromatic N) is 2. The van der Waals surface area contributed by atoms with E-state index in [1.807, 2.05) is 0 Å². The average molecular weight is 254 g/mol. The summed E-state index contributed by atoms with van der Waals surface area (Å²) in [7, 11) is -0.393. The second kappa shape index (κ2) is 3.15. The molecule has 0 bridgehead atoms. The van der Waals surface area contributed by atoms with E-state index in [4.69, 9.17) is 0 Å². The predicted octanol–water partition coefficient (Wildman–Crippen LogP) is 0.0907. The second-order valence-electron chi connectivity index (χ2n) is 2.16. The summed E-state index contributed by atoms with van der Waals surface area (Å²) in [6.45, 7) is 0. The molecule has 0 saturated carbocycles. The number of rotatable bonds is 2. The van der Waals surface area contributed by atoms with Gasteiger partial charge in [-0.1, -0.05) is 0 Å². The summed E-state index contributed by atoms with van der Waals surface area (Å²) < 4.78 is 26.6. The number of sulfonamides is 1. The highest BCUT2D eigenvalue weighted by Gasteiger charge is 2.19. The number of nitrogens with one attached hydrogen (secondary N) is 1. The minimum atomic E-state index is -3.44. The molecule has 0 aliphatic heterocycles. The molecule has 5 nitrogen and oxygen atoms in total. The Kier molecular flexibility index (Phi) is 2.55. The molecule has 0 aliphatic rings. The SMILES string of the molecule is CNS(=O)(=O)c1ncn(C)c1Br. The third-order valence-electron chi connectivity index (χ3n) is 1.36. The van der Waals surface area contributed by atoms with E-state index in [0.29, 0.717) is 4.60 Å². The Hall–Kier alpha value is -0.400. The molecule has 0 aliphatic carbocycles. The highest BCUT2D eigenvalue weighted by atomic mass is 79.9. The van der Waals surface area contributed by atoms with Gasteiger partial charge >= 0.3 is 0 Å². The van der Waals surface area contributed by atoms with Crippen molar-refractivity contribution < 1.29 is 8.42 Å². The van der Waals surface area contributed by atoms with Gasteiger partial charge in [0.05, 0.1) is 6.33 Å². The first-order valence-electron chi connectivity index (χ1n) is 3.09. The Labute approximate surface area is 79.0 Å². The van der Waals surface area contributed by atoms with Crippen LogP contribution in [0.5, 0.6) is 0 Å². The van der Waals surface area contributed by atoms with Gasteiger partial charge in [-0.25, -0.2) is 18.1 Å². The van der Waals surface area contributed by atoms with Crippen LogP contribution < -0.4 is 4.72 Å². The number of hydrogen-bond donors (Lipinski definition) is 1. The lowest BCUT2D eigenvalue weighted by atomic mass is 10.9. The zero-order valence-electron chi connectivity index (χ0n) is 6.57. The molecule has 0 atom stereocenters. The Bertz CT molecular complexity index is 383. The molecule has 1 aromatic heterocycles. The molecule has 0 saturated heterocycles. The molecule has 0 aromatic carbocycles. The fourth-order valence-electron chi connectivity index (χ4n) is 0.671. The number of aromatic nitrogens is 2. The third-order valence-corrected chi connectivity index (χ3v) is 3.90. The predicted molar refractivity (Wildman–Crippen MR) is 47.2 cm³/mol. The average Bonchev–Trinajstić information content (AvgIpc) is 2.33. The van der Waals surface area contributed by atoms with Crippen molar-refractivity contribution in [3.63, 3.8) is 0 Å². The molecule has 1 N–H and O–H groups in total. The first-order valence-corrected chi connectivity index (χ1v) is 5.37. The van der Waals surface area contributed by atoms with E-state index in [-0.39, 0.29) is 5.03 Å². The molecule has 0 radical (unpaired) electrons. The lowest BCUT2D eigenvalue weighted by Gasteiger charge is -1.98. The van der Waals surface area contributed by atoms with E-state index in [1.54, 1.807) is 11.6 Å². The second-order valence-corrected chi connectivity index (χ2v) is 4.71. The summed E-state index contributed by atoms with van der Waals surface area (Å²) in [5.74, 6) is 0. The molecule has 1 rings (SSSR count). The maximum Gasteiger partial charge on any atom is 0.260 e. The largest absolute Gasteiger partial charge is 0.327 e. The van der Waals surface area contributed by atoms with E-state index >= 15 is 0 Å². The molecule has 68 valence electrons. The number of hydrogen-bond acceptors (Lipinski definition) is 3. The normalized spacial score (nSPS) is 11.9. The summed E-state index contributed by atoms with van der Waals surface area (Å²) in [4.78, 5) is 3.72. The summed E-state index contributed by atoms with van der Waals surface area (Å²) in [5.41, 5.74) is 0. The van der Waals surface area contributed by atoms with Gasteiger partial charge in [0, 0.05) is 7.05 Å². The van der Waals surface area contributed by atoms with Crippen molar-refractivity contribution in [3.05, 3.63) is 10.9 Å². The first kappa shape index (κ1) is 9.69. The molecule has 1 aromatic rings. The number of imidazole rings is 1. The molecule has 0 unspecified atom stereocenters. The van der Waals surface area contributed by atoms with Crippen LogP contribution in [0.3, 0.4) is 0 Å². The first-order chi connectivity index (χ1) is 5.49. The zero-order chi connectivity index (χ0) is 9.35. The van der Waals surface area contributed by atoms with E-state index in [0.717, 1.165) is 0 Å². The van der Waals surface area contributed by atoms with E-state index in [2.05, 4.69) is 25.6 Å². The van der Waals surface area contributed by atoms with Crippen LogP contribution in [0.15, 0.2) is 16.0 Å². The van der Waals surface area contributed by atoms with E-state index in [1.165, 1.54) is 13.4 Å². The molecule has 0 spiro atoms. The lowest BCUT2D eigenvalue weighted by Crippen LogP contribution is -2.19. The van der Waals surface area contributed by atoms with Crippen molar-refractivity contribution in [3.8, 4) is 0 Å². The maximum absolute atomic E-state index is 11.2. The van der Waals surface area contributed by atoms with Crippen LogP contribution in [0.1, 0.15) is 0 Å². The van der Waals surface area contributed by atoms with Crippen molar-refractivity contribution in [2.75, 3.05) is 7.05 Å². The van der Waals surface area contributed by atoms with Crippen LogP contribution in [-0.4, -0.2) is 25.0 Å². The summed E-state index contributed by atoms with van der Waals surface area (Å²) in [6, 6.07) is 0. The van der Waals surface area contributed by atoms with Crippen molar-refractivity contribution in [2.45, 2.75) is 5.03 Å². The third kappa shape index (κ3) is 1.52. The van der Waals surface area contributed by atoms with Crippen LogP contribution in [0.2, 0.25) is 0 Å². The minimum absolute atomic E-state index is 0.00694. The van der Waals surface area contributed by atoms with Gasteiger partial charge in [0.15, 0.2) is 0 Å². The fraction of sp³-hybridized carbons (Fsp3) is 0.400. The van der Waals surface area contributed by atoms with Gasteiger partial charge in [0.2, 0.25) is 5.03 Å². The molecular weight excluding hydrogens is 246 g/mol. The van der Waals surface area contributed by atoms with Crippen LogP contribution in [-0.2, 0) is 17.1 Å². The van der Waals surface area contributed by atoms with Crippen molar-refractivity contribution in [2.24, 2.45) is 7.05 Å². The summed E-state index contributed by atoms with van der Waals surface area (Å²) >= 11 is 3.11. The Morgan fingerprint density at radius 2 is 2.25 bits per heavy atom. The highest BCUT2D eigenvalue weighted by Crippen LogP contribution is 2.18. The molecule has 1 heterocycles. The summed E-state index contributed by atoms with van der Waals surface area (Å²) in [5, 5.41) is 0.00694. The number of halogens is 1. The highest BCUT2D eigenvalue weighted by molar-refractivity contribution is 9.10. The van der Waals surface area contributed by atoms with Crippen LogP contribution in [0, 0.1) is 0 Å². The van der Waals surface area contributed by atoms with Crippen molar-refractivity contribution in [1.29, 1.82) is 0 Å². The van der Waals surface area contributed by atoms with Gasteiger partial charge in [-0.15, -0.1) is 0 Å². The van der Waals surface area contributed by atoms with Gasteiger partial charge in [-0.05, 0) is 23.0 Å². The lowest BCUT2D eigenvalue weighted by molar-refractivity contribution is 0.584. The zero-order valence-corrected chi connectivity index (χ0v) is 8.98. The summed E-state index contributed by atoms with van der Waals surface area (Å²) in [6.07, 6.45) is 1.42. The molecular formula is C5H8BrN3O2S. The van der Waals surface area contributed by atoms with E-state index < -0.39 is 10.0 Å². The molecule has 0 amide bonds. The standard InChI is InChI=1S/C5H8BrN3O2S/c1-7-12(10,11)5-4(6)9(2)3-8-5/h3,7H,1-2H3. The topological polar surface area (TPSA) is 64.0 Å². The van der Waals surface area contributed by atoms with E-state index in [9.17, 15) is 8.42 Å². The Balaban J connectivity index is 3.30. The molecule has 7 heteroatoms. The van der Waals surface area contributed by atoms with Crippen molar-refractivity contribution >= 4 is 26.0 Å². The van der Waals surface area contributed by atoms with Gasteiger partial charge < -0.3 is 4.57 Å². The van der Waals surface area contributed by atoms with Gasteiger partial charge in [-0.3, -0.25) is 0 Å². The fourth-order valence-corrected chi connectivity index (χ4v) is 2.25. The quantitative estimate of drug-likeness (QED) is 0.813. The number of aryl methyl sites for hydroxylation is 1. The van der Waals surface area contributed by atoms with Crippen molar-refractivity contribution in [1.82, 2.24) is 14.3 Å². The van der Waals surface area contributed by atoms with Gasteiger partial charge in [0.1, 0.15) is 4.60 Å². The molecule has 12 heavy (non-hydrogen) atoms. The van der Waals surface area contributed by atoms with Gasteiger partial charge in [0.25, 0.3) is 10.0 Å². The van der Waals surface area contributed by atoms with Crippen LogP contribution >= 0.6 is 15.9 Å².